The number of rotatable bonds is 4. The lowest BCUT2D eigenvalue weighted by Gasteiger charge is -2.20. The van der Waals surface area contributed by atoms with Gasteiger partial charge in [0, 0.05) is 11.2 Å². The molecule has 108 valence electrons. The Labute approximate surface area is 121 Å². The van der Waals surface area contributed by atoms with Gasteiger partial charge in [-0.3, -0.25) is 4.31 Å². The lowest BCUT2D eigenvalue weighted by Crippen LogP contribution is -2.29. The van der Waals surface area contributed by atoms with Gasteiger partial charge in [0.05, 0.1) is 19.1 Å². The normalized spacial score (nSPS) is 11.6. The predicted octanol–water partition coefficient (Wildman–Crippen LogP) is 2.47. The third-order valence-corrected chi connectivity index (χ3v) is 5.23. The quantitative estimate of drug-likeness (QED) is 0.814. The number of sulfonamides is 1. The second-order valence-electron chi connectivity index (χ2n) is 4.25. The van der Waals surface area contributed by atoms with Gasteiger partial charge in [0.15, 0.2) is 0 Å². The third-order valence-electron chi connectivity index (χ3n) is 2.86. The van der Waals surface area contributed by atoms with E-state index >= 15 is 0 Å². The number of thiophene rings is 1. The van der Waals surface area contributed by atoms with Crippen molar-refractivity contribution in [2.24, 2.45) is 0 Å². The largest absolute Gasteiger partial charge is 0.465 e. The van der Waals surface area contributed by atoms with Crippen LogP contribution in [0.15, 0.2) is 24.3 Å². The molecule has 0 unspecified atom stereocenters. The number of fused-ring (bicyclic) bond motifs is 1. The lowest BCUT2D eigenvalue weighted by atomic mass is 10.2. The van der Waals surface area contributed by atoms with E-state index in [1.54, 1.807) is 25.1 Å². The van der Waals surface area contributed by atoms with E-state index in [9.17, 15) is 13.2 Å². The molecule has 0 bridgehead atoms. The summed E-state index contributed by atoms with van der Waals surface area (Å²) in [5.41, 5.74) is 0.594. The Hall–Kier alpha value is -1.60. The number of hydrogen-bond acceptors (Lipinski definition) is 5. The molecule has 2 aromatic rings. The number of benzene rings is 1. The molecule has 0 amide bonds. The number of carbonyl (C=O) groups excluding carboxylic acids is 1. The van der Waals surface area contributed by atoms with Gasteiger partial charge in [-0.15, -0.1) is 11.3 Å². The van der Waals surface area contributed by atoms with E-state index in [1.165, 1.54) is 29.0 Å². The summed E-state index contributed by atoms with van der Waals surface area (Å²) in [5.74, 6) is -0.386. The van der Waals surface area contributed by atoms with Gasteiger partial charge < -0.3 is 4.74 Å². The molecule has 0 saturated heterocycles. The highest BCUT2D eigenvalue weighted by molar-refractivity contribution is 7.92. The molecule has 1 aromatic heterocycles. The van der Waals surface area contributed by atoms with Crippen LogP contribution >= 0.6 is 11.3 Å². The SMILES string of the molecule is CCN(c1ccc2sc(C(=O)OC)cc2c1)S(C)(=O)=O. The molecule has 0 saturated carbocycles. The molecule has 0 aliphatic carbocycles. The molecule has 0 fully saturated rings. The molecular weight excluding hydrogens is 298 g/mol. The smallest absolute Gasteiger partial charge is 0.348 e. The van der Waals surface area contributed by atoms with Crippen LogP contribution < -0.4 is 4.31 Å². The van der Waals surface area contributed by atoms with Gasteiger partial charge in [0.1, 0.15) is 4.88 Å². The van der Waals surface area contributed by atoms with Crippen LogP contribution in [0, 0.1) is 0 Å². The van der Waals surface area contributed by atoms with Gasteiger partial charge in [-0.2, -0.15) is 0 Å². The summed E-state index contributed by atoms with van der Waals surface area (Å²) in [4.78, 5) is 12.0. The van der Waals surface area contributed by atoms with Gasteiger partial charge in [-0.25, -0.2) is 13.2 Å². The van der Waals surface area contributed by atoms with E-state index in [0.717, 1.165) is 10.1 Å². The van der Waals surface area contributed by atoms with Crippen molar-refractivity contribution in [3.8, 4) is 0 Å². The van der Waals surface area contributed by atoms with Crippen LogP contribution in [0.2, 0.25) is 0 Å². The lowest BCUT2D eigenvalue weighted by molar-refractivity contribution is 0.0606. The summed E-state index contributed by atoms with van der Waals surface area (Å²) in [6, 6.07) is 7.04. The Kier molecular flexibility index (Phi) is 4.01. The molecule has 7 heteroatoms. The molecule has 5 nitrogen and oxygen atoms in total. The van der Waals surface area contributed by atoms with Crippen LogP contribution in [0.4, 0.5) is 5.69 Å². The highest BCUT2D eigenvalue weighted by Gasteiger charge is 2.17. The van der Waals surface area contributed by atoms with Gasteiger partial charge in [0.25, 0.3) is 0 Å². The Morgan fingerprint density at radius 1 is 1.35 bits per heavy atom. The monoisotopic (exact) mass is 313 g/mol. The van der Waals surface area contributed by atoms with Crippen LogP contribution in [0.1, 0.15) is 16.6 Å². The van der Waals surface area contributed by atoms with E-state index in [4.69, 9.17) is 0 Å². The minimum Gasteiger partial charge on any atom is -0.465 e. The van der Waals surface area contributed by atoms with Crippen molar-refractivity contribution in [1.82, 2.24) is 0 Å². The molecule has 0 radical (unpaired) electrons. The van der Waals surface area contributed by atoms with E-state index in [2.05, 4.69) is 4.74 Å². The molecule has 1 aromatic carbocycles. The van der Waals surface area contributed by atoms with Crippen molar-refractivity contribution in [2.75, 3.05) is 24.2 Å². The van der Waals surface area contributed by atoms with Gasteiger partial charge in [-0.05, 0) is 36.6 Å². The van der Waals surface area contributed by atoms with E-state index in [1.807, 2.05) is 6.07 Å². The number of methoxy groups -OCH3 is 1. The average molecular weight is 313 g/mol. The Bertz CT molecular complexity index is 749. The number of esters is 1. The molecule has 0 N–H and O–H groups in total. The number of carbonyl (C=O) groups is 1. The molecular formula is C13H15NO4S2. The zero-order valence-corrected chi connectivity index (χ0v) is 13.0. The maximum atomic E-state index is 11.7. The fourth-order valence-corrected chi connectivity index (χ4v) is 3.92. The first-order valence-corrected chi connectivity index (χ1v) is 8.63. The summed E-state index contributed by atoms with van der Waals surface area (Å²) < 4.78 is 30.3. The third kappa shape index (κ3) is 2.78. The first kappa shape index (κ1) is 14.8. The Morgan fingerprint density at radius 2 is 2.05 bits per heavy atom. The van der Waals surface area contributed by atoms with Crippen LogP contribution in [-0.4, -0.2) is 34.3 Å². The van der Waals surface area contributed by atoms with Crippen molar-refractivity contribution in [3.63, 3.8) is 0 Å². The number of hydrogen-bond donors (Lipinski definition) is 0. The number of ether oxygens (including phenoxy) is 1. The summed E-state index contributed by atoms with van der Waals surface area (Å²) in [6.45, 7) is 2.14. The van der Waals surface area contributed by atoms with Crippen LogP contribution in [-0.2, 0) is 14.8 Å². The standard InChI is InChI=1S/C13H15NO4S2/c1-4-14(20(3,16)17)10-5-6-11-9(7-10)8-12(19-11)13(15)18-2/h5-8H,4H2,1-3H3. The molecule has 20 heavy (non-hydrogen) atoms. The van der Waals surface area contributed by atoms with E-state index < -0.39 is 10.0 Å². The molecule has 1 heterocycles. The maximum absolute atomic E-state index is 11.7. The fraction of sp³-hybridized carbons (Fsp3) is 0.308. The van der Waals surface area contributed by atoms with Gasteiger partial charge in [0.2, 0.25) is 10.0 Å². The molecule has 0 aliphatic heterocycles. The number of nitrogens with zero attached hydrogens (tertiary/aromatic N) is 1. The Balaban J connectivity index is 2.51. The second-order valence-corrected chi connectivity index (χ2v) is 7.24. The van der Waals surface area contributed by atoms with Crippen molar-refractivity contribution < 1.29 is 17.9 Å². The minimum atomic E-state index is -3.31. The van der Waals surface area contributed by atoms with Crippen LogP contribution in [0.3, 0.4) is 0 Å². The van der Waals surface area contributed by atoms with E-state index in [-0.39, 0.29) is 5.97 Å². The van der Waals surface area contributed by atoms with Gasteiger partial charge in [-0.1, -0.05) is 0 Å². The first-order chi connectivity index (χ1) is 9.36. The van der Waals surface area contributed by atoms with Crippen molar-refractivity contribution >= 4 is 43.1 Å². The second kappa shape index (κ2) is 5.41. The number of anilines is 1. The zero-order chi connectivity index (χ0) is 14.9. The predicted molar refractivity (Wildman–Crippen MR) is 81.0 cm³/mol. The molecule has 0 spiro atoms. The highest BCUT2D eigenvalue weighted by atomic mass is 32.2. The molecule has 0 aliphatic rings. The van der Waals surface area contributed by atoms with Crippen molar-refractivity contribution in [1.29, 1.82) is 0 Å². The molecule has 2 rings (SSSR count). The van der Waals surface area contributed by atoms with E-state index in [0.29, 0.717) is 17.1 Å². The Morgan fingerprint density at radius 3 is 2.60 bits per heavy atom. The highest BCUT2D eigenvalue weighted by Crippen LogP contribution is 2.30. The van der Waals surface area contributed by atoms with Crippen molar-refractivity contribution in [3.05, 3.63) is 29.1 Å². The van der Waals surface area contributed by atoms with Crippen molar-refractivity contribution in [2.45, 2.75) is 6.92 Å². The summed E-state index contributed by atoms with van der Waals surface area (Å²) >= 11 is 1.32. The summed E-state index contributed by atoms with van der Waals surface area (Å²) in [6.07, 6.45) is 1.17. The molecule has 0 atom stereocenters. The minimum absolute atomic E-state index is 0.359. The summed E-state index contributed by atoms with van der Waals surface area (Å²) in [5, 5.41) is 0.829. The van der Waals surface area contributed by atoms with Crippen LogP contribution in [0.25, 0.3) is 10.1 Å². The summed E-state index contributed by atoms with van der Waals surface area (Å²) in [7, 11) is -1.97. The van der Waals surface area contributed by atoms with Crippen LogP contribution in [0.5, 0.6) is 0 Å². The first-order valence-electron chi connectivity index (χ1n) is 5.96. The fourth-order valence-electron chi connectivity index (χ4n) is 2.00. The maximum Gasteiger partial charge on any atom is 0.348 e. The topological polar surface area (TPSA) is 63.7 Å². The average Bonchev–Trinajstić information content (AvgIpc) is 2.80. The zero-order valence-electron chi connectivity index (χ0n) is 11.4. The van der Waals surface area contributed by atoms with Gasteiger partial charge >= 0.3 is 5.97 Å².